The van der Waals surface area contributed by atoms with E-state index in [4.69, 9.17) is 34.8 Å². The number of halogens is 3. The normalized spacial score (nSPS) is 25.6. The first-order valence-corrected chi connectivity index (χ1v) is 5.78. The Bertz CT molecular complexity index is 168. The number of rotatable bonds is 1. The summed E-state index contributed by atoms with van der Waals surface area (Å²) in [6.45, 7) is 1.72. The molecule has 0 spiro atoms. The Kier molecular flexibility index (Phi) is 3.79. The first-order chi connectivity index (χ1) is 5.90. The molecule has 0 bridgehead atoms. The molecule has 0 aromatic heterocycles. The van der Waals surface area contributed by atoms with E-state index in [1.165, 1.54) is 6.42 Å². The summed E-state index contributed by atoms with van der Waals surface area (Å²) < 4.78 is -1.35. The molecule has 13 heavy (non-hydrogen) atoms. The molecule has 1 saturated carbocycles. The van der Waals surface area contributed by atoms with Crippen LogP contribution in [0.2, 0.25) is 0 Å². The van der Waals surface area contributed by atoms with Gasteiger partial charge in [0.2, 0.25) is 0 Å². The van der Waals surface area contributed by atoms with E-state index >= 15 is 0 Å². The van der Waals surface area contributed by atoms with E-state index in [-0.39, 0.29) is 0 Å². The average molecular weight is 246 g/mol. The lowest BCUT2D eigenvalue weighted by atomic mass is 9.71. The SMILES string of the molecule is CC(O)C1(C(Cl)(Cl)Cl)CCCCC1. The number of alkyl halides is 3. The minimum atomic E-state index is -1.35. The second-order valence-corrected chi connectivity index (χ2v) is 6.17. The minimum Gasteiger partial charge on any atom is -0.393 e. The molecule has 1 rings (SSSR count). The third-order valence-electron chi connectivity index (χ3n) is 3.11. The van der Waals surface area contributed by atoms with Crippen molar-refractivity contribution in [3.8, 4) is 0 Å². The molecule has 4 heteroatoms. The van der Waals surface area contributed by atoms with Gasteiger partial charge in [0.25, 0.3) is 0 Å². The summed E-state index contributed by atoms with van der Waals surface area (Å²) in [5, 5.41) is 9.71. The maximum Gasteiger partial charge on any atom is 0.198 e. The monoisotopic (exact) mass is 244 g/mol. The summed E-state index contributed by atoms with van der Waals surface area (Å²) in [7, 11) is 0. The van der Waals surface area contributed by atoms with Crippen molar-refractivity contribution in [3.05, 3.63) is 0 Å². The maximum atomic E-state index is 9.71. The molecule has 0 aromatic carbocycles. The van der Waals surface area contributed by atoms with Crippen LogP contribution in [0.1, 0.15) is 39.0 Å². The van der Waals surface area contributed by atoms with E-state index in [0.29, 0.717) is 0 Å². The smallest absolute Gasteiger partial charge is 0.198 e. The van der Waals surface area contributed by atoms with Crippen LogP contribution in [0.5, 0.6) is 0 Å². The van der Waals surface area contributed by atoms with Gasteiger partial charge in [-0.1, -0.05) is 54.1 Å². The number of hydrogen-bond acceptors (Lipinski definition) is 1. The molecule has 0 amide bonds. The lowest BCUT2D eigenvalue weighted by Crippen LogP contribution is -2.45. The van der Waals surface area contributed by atoms with Crippen molar-refractivity contribution < 1.29 is 5.11 Å². The minimum absolute atomic E-state index is 0.532. The van der Waals surface area contributed by atoms with Crippen LogP contribution in [-0.2, 0) is 0 Å². The molecule has 78 valence electrons. The largest absolute Gasteiger partial charge is 0.393 e. The zero-order chi connectivity index (χ0) is 10.1. The van der Waals surface area contributed by atoms with E-state index in [1.54, 1.807) is 6.92 Å². The maximum absolute atomic E-state index is 9.71. The second-order valence-electron chi connectivity index (χ2n) is 3.89. The van der Waals surface area contributed by atoms with Gasteiger partial charge in [0, 0.05) is 5.41 Å². The molecular weight excluding hydrogens is 230 g/mol. The van der Waals surface area contributed by atoms with Crippen LogP contribution < -0.4 is 0 Å². The molecule has 1 nitrogen and oxygen atoms in total. The highest BCUT2D eigenvalue weighted by Gasteiger charge is 2.51. The zero-order valence-electron chi connectivity index (χ0n) is 7.69. The topological polar surface area (TPSA) is 20.2 Å². The van der Waals surface area contributed by atoms with E-state index in [1.807, 2.05) is 0 Å². The molecule has 0 radical (unpaired) electrons. The van der Waals surface area contributed by atoms with Crippen LogP contribution >= 0.6 is 34.8 Å². The quantitative estimate of drug-likeness (QED) is 0.699. The molecular formula is C9H15Cl3O. The molecule has 1 atom stereocenters. The number of aliphatic hydroxyl groups is 1. The lowest BCUT2D eigenvalue weighted by Gasteiger charge is -2.44. The summed E-state index contributed by atoms with van der Waals surface area (Å²) in [6.07, 6.45) is 4.31. The molecule has 1 aliphatic rings. The zero-order valence-corrected chi connectivity index (χ0v) is 9.96. The molecule has 1 fully saturated rings. The highest BCUT2D eigenvalue weighted by Crippen LogP contribution is 2.55. The fourth-order valence-corrected chi connectivity index (χ4v) is 3.16. The molecule has 1 aliphatic carbocycles. The van der Waals surface area contributed by atoms with E-state index in [2.05, 4.69) is 0 Å². The van der Waals surface area contributed by atoms with Crippen LogP contribution in [-0.4, -0.2) is 15.0 Å². The molecule has 1 N–H and O–H groups in total. The van der Waals surface area contributed by atoms with E-state index in [9.17, 15) is 5.11 Å². The third-order valence-corrected chi connectivity index (χ3v) is 4.24. The Morgan fingerprint density at radius 1 is 1.15 bits per heavy atom. The highest BCUT2D eigenvalue weighted by molar-refractivity contribution is 6.68. The van der Waals surface area contributed by atoms with Crippen LogP contribution in [0.15, 0.2) is 0 Å². The van der Waals surface area contributed by atoms with Crippen molar-refractivity contribution in [2.75, 3.05) is 0 Å². The van der Waals surface area contributed by atoms with Crippen LogP contribution in [0.4, 0.5) is 0 Å². The molecule has 0 aromatic rings. The van der Waals surface area contributed by atoms with Gasteiger partial charge in [0.05, 0.1) is 6.10 Å². The van der Waals surface area contributed by atoms with Crippen LogP contribution in [0, 0.1) is 5.41 Å². The average Bonchev–Trinajstić information content (AvgIpc) is 2.03. The summed E-state index contributed by atoms with van der Waals surface area (Å²) in [5.41, 5.74) is -0.532. The Balaban J connectivity index is 2.86. The van der Waals surface area contributed by atoms with Gasteiger partial charge in [0.1, 0.15) is 0 Å². The second kappa shape index (κ2) is 4.14. The van der Waals surface area contributed by atoms with Crippen molar-refractivity contribution in [1.82, 2.24) is 0 Å². The Hall–Kier alpha value is 0.830. The Morgan fingerprint density at radius 3 is 1.85 bits per heavy atom. The molecule has 0 aliphatic heterocycles. The first kappa shape index (κ1) is 11.9. The fourth-order valence-electron chi connectivity index (χ4n) is 2.12. The summed E-state index contributed by atoms with van der Waals surface area (Å²) in [6, 6.07) is 0. The van der Waals surface area contributed by atoms with Gasteiger partial charge >= 0.3 is 0 Å². The van der Waals surface area contributed by atoms with Gasteiger partial charge in [-0.25, -0.2) is 0 Å². The highest BCUT2D eigenvalue weighted by atomic mass is 35.6. The summed E-state index contributed by atoms with van der Waals surface area (Å²) in [4.78, 5) is 0. The Labute approximate surface area is 94.4 Å². The van der Waals surface area contributed by atoms with Crippen molar-refractivity contribution in [2.24, 2.45) is 5.41 Å². The van der Waals surface area contributed by atoms with Gasteiger partial charge < -0.3 is 5.11 Å². The van der Waals surface area contributed by atoms with E-state index in [0.717, 1.165) is 25.7 Å². The lowest BCUT2D eigenvalue weighted by molar-refractivity contribution is 0.0116. The van der Waals surface area contributed by atoms with Crippen molar-refractivity contribution >= 4 is 34.8 Å². The van der Waals surface area contributed by atoms with Gasteiger partial charge in [-0.2, -0.15) is 0 Å². The molecule has 1 unspecified atom stereocenters. The summed E-state index contributed by atoms with van der Waals surface area (Å²) in [5.74, 6) is 0. The number of aliphatic hydroxyl groups excluding tert-OH is 1. The van der Waals surface area contributed by atoms with Gasteiger partial charge in [-0.3, -0.25) is 0 Å². The van der Waals surface area contributed by atoms with Gasteiger partial charge in [-0.05, 0) is 19.8 Å². The fraction of sp³-hybridized carbons (Fsp3) is 1.00. The van der Waals surface area contributed by atoms with E-state index < -0.39 is 15.3 Å². The third kappa shape index (κ3) is 2.26. The predicted molar refractivity (Wildman–Crippen MR) is 57.5 cm³/mol. The number of hydrogen-bond donors (Lipinski definition) is 1. The predicted octanol–water partition coefficient (Wildman–Crippen LogP) is 3.69. The van der Waals surface area contributed by atoms with Crippen LogP contribution in [0.3, 0.4) is 0 Å². The van der Waals surface area contributed by atoms with Crippen molar-refractivity contribution in [2.45, 2.75) is 48.9 Å². The first-order valence-electron chi connectivity index (χ1n) is 4.65. The van der Waals surface area contributed by atoms with Crippen LogP contribution in [0.25, 0.3) is 0 Å². The summed E-state index contributed by atoms with van der Waals surface area (Å²) >= 11 is 17.8. The van der Waals surface area contributed by atoms with Gasteiger partial charge in [-0.15, -0.1) is 0 Å². The van der Waals surface area contributed by atoms with Gasteiger partial charge in [0.15, 0.2) is 3.79 Å². The Morgan fingerprint density at radius 2 is 1.62 bits per heavy atom. The van der Waals surface area contributed by atoms with Crippen molar-refractivity contribution in [3.63, 3.8) is 0 Å². The standard InChI is InChI=1S/C9H15Cl3O/c1-7(13)8(9(10,11)12)5-3-2-4-6-8/h7,13H,2-6H2,1H3. The molecule has 0 saturated heterocycles. The molecule has 0 heterocycles. The van der Waals surface area contributed by atoms with Crippen molar-refractivity contribution in [1.29, 1.82) is 0 Å².